The molecule has 25 heteroatoms. The van der Waals surface area contributed by atoms with Crippen LogP contribution < -0.4 is 99.5 Å². The van der Waals surface area contributed by atoms with E-state index in [0.29, 0.717) is 45.8 Å². The first-order valence-corrected chi connectivity index (χ1v) is 34.7. The van der Waals surface area contributed by atoms with E-state index in [1.54, 1.807) is 0 Å². The van der Waals surface area contributed by atoms with Crippen molar-refractivity contribution in [2.75, 3.05) is 314 Å². The topological polar surface area (TPSA) is 365 Å². The van der Waals surface area contributed by atoms with E-state index in [9.17, 15) is 0 Å². The van der Waals surface area contributed by atoms with Gasteiger partial charge in [-0.1, -0.05) is 25.7 Å². The van der Waals surface area contributed by atoms with E-state index in [1.165, 1.54) is 70.6 Å². The maximum absolute atomic E-state index is 6.08. The first kappa shape index (κ1) is 84.0. The van der Waals surface area contributed by atoms with E-state index in [1.807, 2.05) is 0 Å². The van der Waals surface area contributed by atoms with Crippen LogP contribution in [-0.2, 0) is 0 Å². The van der Waals surface area contributed by atoms with Crippen LogP contribution >= 0.6 is 0 Å². The predicted octanol–water partition coefficient (Wildman–Crippen LogP) is -5.28. The first-order chi connectivity index (χ1) is 41.9. The number of nitrogens with one attached hydrogen (secondary N) is 9. The Kier molecular flexibility index (Phi) is 69.6. The summed E-state index contributed by atoms with van der Waals surface area (Å²) in [6, 6.07) is 0. The lowest BCUT2D eigenvalue weighted by atomic mass is 10.2. The molecule has 0 aliphatic carbocycles. The molecule has 0 spiro atoms. The van der Waals surface area contributed by atoms with Crippen molar-refractivity contribution in [3.05, 3.63) is 0 Å². The molecular weight excluding hydrogens is 1070 g/mol. The maximum atomic E-state index is 6.08. The summed E-state index contributed by atoms with van der Waals surface area (Å²) >= 11 is 0. The van der Waals surface area contributed by atoms with E-state index in [2.05, 4.69) is 82.2 Å². The number of hydrogen-bond acceptors (Lipinski definition) is 25. The number of rotatable bonds is 75. The van der Waals surface area contributed by atoms with Crippen LogP contribution in [0.1, 0.15) is 77.0 Å². The van der Waals surface area contributed by atoms with Crippen molar-refractivity contribution in [1.29, 1.82) is 0 Å². The van der Waals surface area contributed by atoms with Crippen molar-refractivity contribution < 1.29 is 0 Å². The molecule has 0 amide bonds. The molecule has 0 aromatic heterocycles. The number of nitrogens with two attached hydrogens (primary N) is 9. The van der Waals surface area contributed by atoms with E-state index in [-0.39, 0.29) is 0 Å². The lowest BCUT2D eigenvalue weighted by Gasteiger charge is -2.29. The Balaban J connectivity index is 5.01. The van der Waals surface area contributed by atoms with E-state index in [4.69, 9.17) is 51.6 Å². The Bertz CT molecular complexity index is 1220. The van der Waals surface area contributed by atoms with Gasteiger partial charge in [0.1, 0.15) is 0 Å². The summed E-state index contributed by atoms with van der Waals surface area (Å²) < 4.78 is 0. The largest absolute Gasteiger partial charge is 0.330 e. The molecule has 85 heavy (non-hydrogen) atoms. The Morgan fingerprint density at radius 2 is 0.318 bits per heavy atom. The van der Waals surface area contributed by atoms with Gasteiger partial charge in [-0.3, -0.25) is 19.6 Å². The number of nitrogens with zero attached hydrogens (tertiary/aromatic N) is 7. The minimum Gasteiger partial charge on any atom is -0.330 e. The van der Waals surface area contributed by atoms with Gasteiger partial charge >= 0.3 is 0 Å². The van der Waals surface area contributed by atoms with Crippen LogP contribution in [0.2, 0.25) is 0 Å². The van der Waals surface area contributed by atoms with Crippen LogP contribution in [0.25, 0.3) is 0 Å². The minimum absolute atomic E-state index is 0.658. The van der Waals surface area contributed by atoms with Crippen molar-refractivity contribution in [1.82, 2.24) is 82.2 Å². The fraction of sp³-hybridized carbons (Fsp3) is 1.00. The summed E-state index contributed by atoms with van der Waals surface area (Å²) in [6.07, 6.45) is 14.5. The molecule has 0 aromatic carbocycles. The second-order valence-corrected chi connectivity index (χ2v) is 23.0. The van der Waals surface area contributed by atoms with Crippen LogP contribution in [0.4, 0.5) is 0 Å². The third-order valence-corrected chi connectivity index (χ3v) is 15.6. The molecule has 0 aliphatic rings. The van der Waals surface area contributed by atoms with E-state index >= 15 is 0 Å². The van der Waals surface area contributed by atoms with Gasteiger partial charge in [0.25, 0.3) is 0 Å². The third kappa shape index (κ3) is 60.3. The molecule has 0 rings (SSSR count). The average molecular weight is 1220 g/mol. The lowest BCUT2D eigenvalue weighted by Crippen LogP contribution is -2.46. The molecular formula is C60H147N25. The molecule has 0 saturated carbocycles. The average Bonchev–Trinajstić information content (AvgIpc) is 3.51. The van der Waals surface area contributed by atoms with Gasteiger partial charge in [-0.25, -0.2) is 0 Å². The highest BCUT2D eigenvalue weighted by Crippen LogP contribution is 2.02. The Labute approximate surface area is 523 Å². The van der Waals surface area contributed by atoms with Gasteiger partial charge in [0, 0.05) is 262 Å². The van der Waals surface area contributed by atoms with Gasteiger partial charge in [0.15, 0.2) is 0 Å². The van der Waals surface area contributed by atoms with Crippen molar-refractivity contribution in [3.63, 3.8) is 0 Å². The molecule has 0 saturated heterocycles. The molecule has 0 radical (unpaired) electrons. The first-order valence-electron chi connectivity index (χ1n) is 34.7. The van der Waals surface area contributed by atoms with Crippen LogP contribution in [0.5, 0.6) is 0 Å². The summed E-state index contributed by atoms with van der Waals surface area (Å²) in [7, 11) is 0. The fourth-order valence-electron chi connectivity index (χ4n) is 10.4. The summed E-state index contributed by atoms with van der Waals surface area (Å²) in [5, 5.41) is 32.8. The van der Waals surface area contributed by atoms with Crippen LogP contribution in [0.15, 0.2) is 0 Å². The molecule has 512 valence electrons. The highest BCUT2D eigenvalue weighted by atomic mass is 15.2. The van der Waals surface area contributed by atoms with Crippen LogP contribution in [0, 0.1) is 0 Å². The monoisotopic (exact) mass is 1220 g/mol. The molecule has 0 heterocycles. The standard InChI is InChI=1S/C60H147N25/c61-13-5-1-10-42-81(49-31-73-26-14-62)50-34-76-38-58-85(56-33-75-28-16-64)60-59-84(57-39-78-37-54-83(47-21-69)53-36-77-35-52-82(46-20-68)51-32-74-27-15-63)55-30-71-24-7-2-6-22-70-23-8-3-12-41-80(45-19-67)48-29-72-25-9-4-11-40-79(43-17-65)44-18-66/h70-78H,1-69H2. The third-order valence-electron chi connectivity index (χ3n) is 15.6. The summed E-state index contributed by atoms with van der Waals surface area (Å²) in [6.45, 7) is 45.0. The zero-order valence-electron chi connectivity index (χ0n) is 55.3. The quantitative estimate of drug-likeness (QED) is 0.0253. The van der Waals surface area contributed by atoms with Crippen molar-refractivity contribution >= 4 is 0 Å². The van der Waals surface area contributed by atoms with Gasteiger partial charge in [-0.15, -0.1) is 0 Å². The summed E-state index contributed by atoms with van der Waals surface area (Å²) in [5.41, 5.74) is 52.5. The lowest BCUT2D eigenvalue weighted by molar-refractivity contribution is 0.201. The molecule has 0 atom stereocenters. The molecule has 0 aliphatic heterocycles. The van der Waals surface area contributed by atoms with Gasteiger partial charge in [-0.05, 0) is 104 Å². The highest BCUT2D eigenvalue weighted by Gasteiger charge is 2.13. The normalized spacial score (nSPS) is 12.3. The molecule has 0 aromatic rings. The second-order valence-electron chi connectivity index (χ2n) is 23.0. The van der Waals surface area contributed by atoms with Gasteiger partial charge < -0.3 is 114 Å². The van der Waals surface area contributed by atoms with Crippen LogP contribution in [0.3, 0.4) is 0 Å². The molecule has 27 N–H and O–H groups in total. The van der Waals surface area contributed by atoms with Crippen molar-refractivity contribution in [2.45, 2.75) is 77.0 Å². The number of hydrogen-bond donors (Lipinski definition) is 18. The smallest absolute Gasteiger partial charge is 0.0110 e. The SMILES string of the molecule is NCCCCCN(CCNCCN)CCNCCN(CCNCCN)CCN(CCNCCCCCNCCCCCN(CCN)CCNCCCCCN(CCN)CCN)CCNCCN(CCN)CCNCCN(CCN)CCNCCN. The van der Waals surface area contributed by atoms with Gasteiger partial charge in [0.2, 0.25) is 0 Å². The molecule has 25 nitrogen and oxygen atoms in total. The predicted molar refractivity (Wildman–Crippen MR) is 368 cm³/mol. The van der Waals surface area contributed by atoms with Crippen molar-refractivity contribution in [2.24, 2.45) is 51.6 Å². The maximum Gasteiger partial charge on any atom is 0.0110 e. The van der Waals surface area contributed by atoms with Crippen LogP contribution in [-0.4, -0.2) is 348 Å². The Morgan fingerprint density at radius 1 is 0.129 bits per heavy atom. The molecule has 0 bridgehead atoms. The van der Waals surface area contributed by atoms with Gasteiger partial charge in [0.05, 0.1) is 0 Å². The molecule has 0 unspecified atom stereocenters. The molecule has 0 fully saturated rings. The summed E-state index contributed by atoms with van der Waals surface area (Å²) in [5.74, 6) is 0. The Morgan fingerprint density at radius 3 is 0.576 bits per heavy atom. The zero-order chi connectivity index (χ0) is 61.8. The zero-order valence-corrected chi connectivity index (χ0v) is 55.3. The van der Waals surface area contributed by atoms with Gasteiger partial charge in [-0.2, -0.15) is 0 Å². The Hall–Kier alpha value is -1.00. The fourth-order valence-corrected chi connectivity index (χ4v) is 10.4. The van der Waals surface area contributed by atoms with E-state index < -0.39 is 0 Å². The van der Waals surface area contributed by atoms with E-state index in [0.717, 1.165) is 275 Å². The number of unbranched alkanes of at least 4 members (excludes halogenated alkanes) is 8. The van der Waals surface area contributed by atoms with Crippen molar-refractivity contribution in [3.8, 4) is 0 Å². The highest BCUT2D eigenvalue weighted by molar-refractivity contribution is 4.72. The second kappa shape index (κ2) is 70.5. The minimum atomic E-state index is 0.658. The summed E-state index contributed by atoms with van der Waals surface area (Å²) in [4.78, 5) is 17.7.